The molecule has 2 aliphatic rings. The van der Waals surface area contributed by atoms with Crippen molar-refractivity contribution in [3.05, 3.63) is 0 Å². The molecule has 1 aliphatic carbocycles. The highest BCUT2D eigenvalue weighted by Crippen LogP contribution is 2.39. The number of rotatable bonds is 3. The molecule has 2 fully saturated rings. The quantitative estimate of drug-likeness (QED) is 0.827. The summed E-state index contributed by atoms with van der Waals surface area (Å²) in [5, 5.41) is 9.07. The van der Waals surface area contributed by atoms with E-state index in [4.69, 9.17) is 5.11 Å². The number of carbonyl (C=O) groups excluding carboxylic acids is 1. The second-order valence-corrected chi connectivity index (χ2v) is 8.23. The number of aliphatic carboxylic acids is 1. The summed E-state index contributed by atoms with van der Waals surface area (Å²) in [6.07, 6.45) is 4.46. The van der Waals surface area contributed by atoms with Gasteiger partial charge in [-0.2, -0.15) is 0 Å². The van der Waals surface area contributed by atoms with E-state index in [0.29, 0.717) is 32.2 Å². The molecule has 0 spiro atoms. The van der Waals surface area contributed by atoms with Crippen molar-refractivity contribution in [2.45, 2.75) is 43.3 Å². The van der Waals surface area contributed by atoms with Gasteiger partial charge in [-0.05, 0) is 25.7 Å². The first kappa shape index (κ1) is 15.3. The van der Waals surface area contributed by atoms with E-state index in [0.717, 1.165) is 19.1 Å². The smallest absolute Gasteiger partial charge is 0.308 e. The van der Waals surface area contributed by atoms with Crippen LogP contribution >= 0.6 is 0 Å². The van der Waals surface area contributed by atoms with Crippen LogP contribution in [0.3, 0.4) is 0 Å². The number of hydrogen-bond acceptors (Lipinski definition) is 4. The van der Waals surface area contributed by atoms with Crippen LogP contribution in [0.1, 0.15) is 38.5 Å². The lowest BCUT2D eigenvalue weighted by Gasteiger charge is -2.37. The zero-order chi connectivity index (χ0) is 15.0. The highest BCUT2D eigenvalue weighted by atomic mass is 32.2. The number of carboxylic acids is 1. The Balaban J connectivity index is 2.23. The molecule has 1 heterocycles. The molecule has 114 valence electrons. The van der Waals surface area contributed by atoms with Gasteiger partial charge in [0.1, 0.15) is 0 Å². The predicted molar refractivity (Wildman–Crippen MR) is 73.0 cm³/mol. The molecule has 7 heteroatoms. The van der Waals surface area contributed by atoms with Crippen molar-refractivity contribution in [1.82, 2.24) is 4.90 Å². The molecule has 0 aromatic carbocycles. The van der Waals surface area contributed by atoms with Crippen molar-refractivity contribution in [3.8, 4) is 0 Å². The van der Waals surface area contributed by atoms with E-state index in [-0.39, 0.29) is 12.5 Å². The van der Waals surface area contributed by atoms with E-state index >= 15 is 0 Å². The van der Waals surface area contributed by atoms with E-state index in [1.54, 1.807) is 0 Å². The van der Waals surface area contributed by atoms with Crippen LogP contribution in [0.15, 0.2) is 0 Å². The Morgan fingerprint density at radius 2 is 1.80 bits per heavy atom. The lowest BCUT2D eigenvalue weighted by Crippen LogP contribution is -2.55. The zero-order valence-corrected chi connectivity index (χ0v) is 12.5. The summed E-state index contributed by atoms with van der Waals surface area (Å²) in [4.78, 5) is 25.2. The molecule has 6 nitrogen and oxygen atoms in total. The monoisotopic (exact) mass is 303 g/mol. The lowest BCUT2D eigenvalue weighted by molar-refractivity contribution is -0.146. The molecule has 1 amide bonds. The molecule has 0 bridgehead atoms. The third-order valence-electron chi connectivity index (χ3n) is 4.57. The Morgan fingerprint density at radius 1 is 1.20 bits per heavy atom. The van der Waals surface area contributed by atoms with E-state index in [9.17, 15) is 18.0 Å². The Morgan fingerprint density at radius 3 is 2.30 bits per heavy atom. The summed E-state index contributed by atoms with van der Waals surface area (Å²) in [6, 6.07) is 0. The van der Waals surface area contributed by atoms with E-state index in [1.807, 2.05) is 0 Å². The Labute approximate surface area is 119 Å². The molecule has 2 rings (SSSR count). The van der Waals surface area contributed by atoms with Crippen LogP contribution in [0, 0.1) is 5.92 Å². The summed E-state index contributed by atoms with van der Waals surface area (Å²) in [5.74, 6) is -1.88. The van der Waals surface area contributed by atoms with Gasteiger partial charge in [-0.3, -0.25) is 9.59 Å². The fourth-order valence-electron chi connectivity index (χ4n) is 3.34. The van der Waals surface area contributed by atoms with E-state index in [2.05, 4.69) is 0 Å². The summed E-state index contributed by atoms with van der Waals surface area (Å²) < 4.78 is 22.9. The largest absolute Gasteiger partial charge is 0.481 e. The van der Waals surface area contributed by atoms with Crippen molar-refractivity contribution in [2.75, 3.05) is 19.3 Å². The van der Waals surface area contributed by atoms with Gasteiger partial charge < -0.3 is 10.0 Å². The summed E-state index contributed by atoms with van der Waals surface area (Å²) in [5.41, 5.74) is 0. The first-order valence-corrected chi connectivity index (χ1v) is 8.89. The molecule has 20 heavy (non-hydrogen) atoms. The van der Waals surface area contributed by atoms with Crippen molar-refractivity contribution in [1.29, 1.82) is 0 Å². The normalized spacial score (nSPS) is 26.4. The molecule has 1 N–H and O–H groups in total. The minimum Gasteiger partial charge on any atom is -0.481 e. The molecule has 0 aromatic heterocycles. The number of carbonyl (C=O) groups is 2. The van der Waals surface area contributed by atoms with Crippen LogP contribution in [-0.4, -0.2) is 54.4 Å². The number of carboxylic acid groups (broad SMARTS) is 1. The number of piperidine rings is 1. The fraction of sp³-hybridized carbons (Fsp3) is 0.846. The van der Waals surface area contributed by atoms with Crippen LogP contribution in [0.2, 0.25) is 0 Å². The summed E-state index contributed by atoms with van der Waals surface area (Å²) in [6.45, 7) is 0.589. The number of sulfone groups is 1. The molecule has 1 atom stereocenters. The summed E-state index contributed by atoms with van der Waals surface area (Å²) >= 11 is 0. The number of nitrogens with zero attached hydrogens (tertiary/aromatic N) is 1. The zero-order valence-electron chi connectivity index (χ0n) is 11.7. The Bertz CT molecular complexity index is 507. The van der Waals surface area contributed by atoms with Gasteiger partial charge in [-0.25, -0.2) is 8.42 Å². The highest BCUT2D eigenvalue weighted by Gasteiger charge is 2.52. The molecule has 1 saturated heterocycles. The number of hydrogen-bond donors (Lipinski definition) is 1. The van der Waals surface area contributed by atoms with Crippen LogP contribution in [0.4, 0.5) is 0 Å². The van der Waals surface area contributed by atoms with Gasteiger partial charge in [0, 0.05) is 19.3 Å². The molecule has 1 aliphatic heterocycles. The maximum Gasteiger partial charge on any atom is 0.308 e. The topological polar surface area (TPSA) is 91.8 Å². The second-order valence-electron chi connectivity index (χ2n) is 5.90. The predicted octanol–water partition coefficient (Wildman–Crippen LogP) is 0.667. The molecule has 1 saturated carbocycles. The Hall–Kier alpha value is -1.11. The van der Waals surface area contributed by atoms with Crippen LogP contribution < -0.4 is 0 Å². The molecular formula is C13H21NO5S. The maximum absolute atomic E-state index is 12.7. The third kappa shape index (κ3) is 2.55. The van der Waals surface area contributed by atoms with Gasteiger partial charge in [-0.1, -0.05) is 12.8 Å². The SMILES string of the molecule is CS(=O)(=O)C1(C(=O)N2CCC[C@H](C(=O)O)C2)CCCC1. The Kier molecular flexibility index (Phi) is 4.09. The second kappa shape index (κ2) is 5.35. The van der Waals surface area contributed by atoms with Crippen molar-refractivity contribution in [2.24, 2.45) is 5.92 Å². The minimum absolute atomic E-state index is 0.130. The molecule has 0 aromatic rings. The van der Waals surface area contributed by atoms with Crippen LogP contribution in [0.5, 0.6) is 0 Å². The molecule has 0 unspecified atom stereocenters. The first-order valence-electron chi connectivity index (χ1n) is 7.00. The standard InChI is InChI=1S/C13H21NO5S/c1-20(18,19)13(6-2-3-7-13)12(17)14-8-4-5-10(9-14)11(15)16/h10H,2-9H2,1H3,(H,15,16)/t10-/m0/s1. The van der Waals surface area contributed by atoms with Crippen molar-refractivity contribution >= 4 is 21.7 Å². The van der Waals surface area contributed by atoms with E-state index in [1.165, 1.54) is 4.90 Å². The fourth-order valence-corrected chi connectivity index (χ4v) is 4.82. The van der Waals surface area contributed by atoms with Gasteiger partial charge >= 0.3 is 5.97 Å². The van der Waals surface area contributed by atoms with Gasteiger partial charge in [0.05, 0.1) is 5.92 Å². The molecular weight excluding hydrogens is 282 g/mol. The van der Waals surface area contributed by atoms with E-state index < -0.39 is 26.5 Å². The average Bonchev–Trinajstić information content (AvgIpc) is 2.88. The van der Waals surface area contributed by atoms with Crippen molar-refractivity contribution < 1.29 is 23.1 Å². The first-order chi connectivity index (χ1) is 9.28. The third-order valence-corrected chi connectivity index (χ3v) is 6.57. The minimum atomic E-state index is -3.49. The van der Waals surface area contributed by atoms with Crippen LogP contribution in [-0.2, 0) is 19.4 Å². The molecule has 0 radical (unpaired) electrons. The maximum atomic E-state index is 12.7. The van der Waals surface area contributed by atoms with Crippen molar-refractivity contribution in [3.63, 3.8) is 0 Å². The number of amides is 1. The number of likely N-dealkylation sites (tertiary alicyclic amines) is 1. The highest BCUT2D eigenvalue weighted by molar-refractivity contribution is 7.92. The van der Waals surface area contributed by atoms with Gasteiger partial charge in [0.25, 0.3) is 0 Å². The van der Waals surface area contributed by atoms with Gasteiger partial charge in [-0.15, -0.1) is 0 Å². The van der Waals surface area contributed by atoms with Gasteiger partial charge in [0.2, 0.25) is 5.91 Å². The summed E-state index contributed by atoms with van der Waals surface area (Å²) in [7, 11) is -3.49. The average molecular weight is 303 g/mol. The lowest BCUT2D eigenvalue weighted by atomic mass is 9.96. The van der Waals surface area contributed by atoms with Gasteiger partial charge in [0.15, 0.2) is 14.6 Å². The van der Waals surface area contributed by atoms with Crippen LogP contribution in [0.25, 0.3) is 0 Å².